The van der Waals surface area contributed by atoms with E-state index in [-0.39, 0.29) is 11.9 Å². The Balaban J connectivity index is 2.11. The first kappa shape index (κ1) is 15.7. The summed E-state index contributed by atoms with van der Waals surface area (Å²) in [7, 11) is 0. The van der Waals surface area contributed by atoms with E-state index < -0.39 is 0 Å². The normalized spacial score (nSPS) is 12.9. The lowest BCUT2D eigenvalue weighted by Gasteiger charge is -2.14. The molecular formula is C17H24FN3. The van der Waals surface area contributed by atoms with Gasteiger partial charge in [-0.2, -0.15) is 5.10 Å². The Kier molecular flexibility index (Phi) is 5.12. The maximum Gasteiger partial charge on any atom is 0.123 e. The van der Waals surface area contributed by atoms with Gasteiger partial charge < -0.3 is 5.73 Å². The summed E-state index contributed by atoms with van der Waals surface area (Å²) in [6, 6.07) is 7.07. The van der Waals surface area contributed by atoms with Crippen LogP contribution in [0.25, 0.3) is 0 Å². The van der Waals surface area contributed by atoms with Crippen molar-refractivity contribution in [2.24, 2.45) is 5.73 Å². The topological polar surface area (TPSA) is 43.8 Å². The third-order valence-electron chi connectivity index (χ3n) is 4.04. The zero-order chi connectivity index (χ0) is 15.4. The summed E-state index contributed by atoms with van der Waals surface area (Å²) >= 11 is 0. The largest absolute Gasteiger partial charge is 0.324 e. The minimum absolute atomic E-state index is 0.157. The second-order valence-electron chi connectivity index (χ2n) is 5.57. The lowest BCUT2D eigenvalue weighted by atomic mass is 9.98. The Bertz CT molecular complexity index is 587. The first-order chi connectivity index (χ1) is 10.0. The SMILES string of the molecule is CCC(CC)n1ccc(CC(N)c2ccc(F)cc2C)n1. The summed E-state index contributed by atoms with van der Waals surface area (Å²) in [6.45, 7) is 6.23. The van der Waals surface area contributed by atoms with Gasteiger partial charge in [0.05, 0.1) is 11.7 Å². The van der Waals surface area contributed by atoms with E-state index in [0.29, 0.717) is 12.5 Å². The molecule has 1 aromatic carbocycles. The van der Waals surface area contributed by atoms with Crippen LogP contribution < -0.4 is 5.73 Å². The maximum atomic E-state index is 13.2. The molecule has 0 fully saturated rings. The zero-order valence-electron chi connectivity index (χ0n) is 13.0. The molecule has 114 valence electrons. The monoisotopic (exact) mass is 289 g/mol. The van der Waals surface area contributed by atoms with Crippen LogP contribution in [0.3, 0.4) is 0 Å². The Labute approximate surface area is 126 Å². The Morgan fingerprint density at radius 1 is 1.24 bits per heavy atom. The van der Waals surface area contributed by atoms with E-state index in [1.807, 2.05) is 23.9 Å². The van der Waals surface area contributed by atoms with Crippen LogP contribution in [0.4, 0.5) is 4.39 Å². The third kappa shape index (κ3) is 3.70. The van der Waals surface area contributed by atoms with Gasteiger partial charge in [0.1, 0.15) is 5.82 Å². The Hall–Kier alpha value is -1.68. The van der Waals surface area contributed by atoms with E-state index >= 15 is 0 Å². The maximum absolute atomic E-state index is 13.2. The van der Waals surface area contributed by atoms with E-state index in [2.05, 4.69) is 18.9 Å². The van der Waals surface area contributed by atoms with Crippen molar-refractivity contribution in [1.29, 1.82) is 0 Å². The van der Waals surface area contributed by atoms with Gasteiger partial charge in [-0.3, -0.25) is 4.68 Å². The van der Waals surface area contributed by atoms with Gasteiger partial charge >= 0.3 is 0 Å². The van der Waals surface area contributed by atoms with Gasteiger partial charge in [0.25, 0.3) is 0 Å². The quantitative estimate of drug-likeness (QED) is 0.875. The van der Waals surface area contributed by atoms with Crippen molar-refractivity contribution in [2.75, 3.05) is 0 Å². The molecule has 1 unspecified atom stereocenters. The number of hydrogen-bond donors (Lipinski definition) is 1. The highest BCUT2D eigenvalue weighted by molar-refractivity contribution is 5.30. The summed E-state index contributed by atoms with van der Waals surface area (Å²) in [6.07, 6.45) is 4.83. The molecule has 0 aliphatic carbocycles. The predicted molar refractivity (Wildman–Crippen MR) is 83.6 cm³/mol. The molecule has 0 saturated carbocycles. The van der Waals surface area contributed by atoms with Gasteiger partial charge in [0, 0.05) is 18.7 Å². The highest BCUT2D eigenvalue weighted by Crippen LogP contribution is 2.21. The van der Waals surface area contributed by atoms with Gasteiger partial charge in [-0.25, -0.2) is 4.39 Å². The second kappa shape index (κ2) is 6.85. The molecule has 3 nitrogen and oxygen atoms in total. The van der Waals surface area contributed by atoms with Crippen molar-refractivity contribution in [3.63, 3.8) is 0 Å². The summed E-state index contributed by atoms with van der Waals surface area (Å²) < 4.78 is 15.2. The number of aryl methyl sites for hydroxylation is 1. The molecule has 1 heterocycles. The summed E-state index contributed by atoms with van der Waals surface area (Å²) in [5.74, 6) is -0.221. The lowest BCUT2D eigenvalue weighted by molar-refractivity contribution is 0.424. The van der Waals surface area contributed by atoms with E-state index in [0.717, 1.165) is 29.7 Å². The molecule has 1 atom stereocenters. The van der Waals surface area contributed by atoms with Crippen LogP contribution in [0.2, 0.25) is 0 Å². The molecule has 2 rings (SSSR count). The van der Waals surface area contributed by atoms with Crippen LogP contribution in [-0.4, -0.2) is 9.78 Å². The minimum Gasteiger partial charge on any atom is -0.324 e. The van der Waals surface area contributed by atoms with Crippen LogP contribution in [0.15, 0.2) is 30.5 Å². The molecule has 0 aliphatic rings. The summed E-state index contributed by atoms with van der Waals surface area (Å²) in [5.41, 5.74) is 9.11. The van der Waals surface area contributed by atoms with Crippen LogP contribution in [-0.2, 0) is 6.42 Å². The van der Waals surface area contributed by atoms with Crippen LogP contribution in [0.1, 0.15) is 55.6 Å². The number of nitrogens with zero attached hydrogens (tertiary/aromatic N) is 2. The fourth-order valence-corrected chi connectivity index (χ4v) is 2.74. The first-order valence-electron chi connectivity index (χ1n) is 7.60. The van der Waals surface area contributed by atoms with Crippen molar-refractivity contribution in [3.8, 4) is 0 Å². The number of benzene rings is 1. The van der Waals surface area contributed by atoms with Crippen molar-refractivity contribution < 1.29 is 4.39 Å². The fraction of sp³-hybridized carbons (Fsp3) is 0.471. The Morgan fingerprint density at radius 2 is 1.95 bits per heavy atom. The van der Waals surface area contributed by atoms with E-state index in [4.69, 9.17) is 5.73 Å². The van der Waals surface area contributed by atoms with Crippen molar-refractivity contribution in [2.45, 2.75) is 52.1 Å². The van der Waals surface area contributed by atoms with Gasteiger partial charge in [-0.15, -0.1) is 0 Å². The summed E-state index contributed by atoms with van der Waals surface area (Å²) in [4.78, 5) is 0. The average Bonchev–Trinajstić information content (AvgIpc) is 2.88. The van der Waals surface area contributed by atoms with Crippen LogP contribution in [0.5, 0.6) is 0 Å². The Morgan fingerprint density at radius 3 is 2.57 bits per heavy atom. The van der Waals surface area contributed by atoms with Gasteiger partial charge in [-0.1, -0.05) is 19.9 Å². The number of nitrogens with two attached hydrogens (primary N) is 1. The van der Waals surface area contributed by atoms with Gasteiger partial charge in [0.15, 0.2) is 0 Å². The molecule has 0 bridgehead atoms. The highest BCUT2D eigenvalue weighted by atomic mass is 19.1. The van der Waals surface area contributed by atoms with E-state index in [1.54, 1.807) is 6.07 Å². The van der Waals surface area contributed by atoms with Gasteiger partial charge in [-0.05, 0) is 49.1 Å². The predicted octanol–water partition coefficient (Wildman–Crippen LogP) is 3.93. The van der Waals surface area contributed by atoms with Crippen LogP contribution in [0, 0.1) is 12.7 Å². The zero-order valence-corrected chi connectivity index (χ0v) is 13.0. The molecule has 0 amide bonds. The number of aromatic nitrogens is 2. The molecule has 1 aromatic heterocycles. The first-order valence-corrected chi connectivity index (χ1v) is 7.60. The van der Waals surface area contributed by atoms with E-state index in [9.17, 15) is 4.39 Å². The molecule has 2 aromatic rings. The smallest absolute Gasteiger partial charge is 0.123 e. The minimum atomic E-state index is -0.221. The lowest BCUT2D eigenvalue weighted by Crippen LogP contribution is -2.16. The fourth-order valence-electron chi connectivity index (χ4n) is 2.74. The molecular weight excluding hydrogens is 265 g/mol. The number of rotatable bonds is 6. The van der Waals surface area contributed by atoms with E-state index in [1.165, 1.54) is 12.1 Å². The van der Waals surface area contributed by atoms with Crippen molar-refractivity contribution in [1.82, 2.24) is 9.78 Å². The van der Waals surface area contributed by atoms with Crippen LogP contribution >= 0.6 is 0 Å². The van der Waals surface area contributed by atoms with Crippen molar-refractivity contribution >= 4 is 0 Å². The highest BCUT2D eigenvalue weighted by Gasteiger charge is 2.13. The molecule has 2 N–H and O–H groups in total. The molecule has 21 heavy (non-hydrogen) atoms. The average molecular weight is 289 g/mol. The van der Waals surface area contributed by atoms with Crippen molar-refractivity contribution in [3.05, 3.63) is 53.1 Å². The standard InChI is InChI=1S/C17H24FN3/c1-4-15(5-2)21-9-8-14(20-21)11-17(19)16-7-6-13(18)10-12(16)3/h6-10,15,17H,4-5,11,19H2,1-3H3. The molecule has 0 spiro atoms. The second-order valence-corrected chi connectivity index (χ2v) is 5.57. The molecule has 0 aliphatic heterocycles. The number of halogens is 1. The molecule has 0 saturated heterocycles. The molecule has 4 heteroatoms. The third-order valence-corrected chi connectivity index (χ3v) is 4.04. The molecule has 0 radical (unpaired) electrons. The summed E-state index contributed by atoms with van der Waals surface area (Å²) in [5, 5.41) is 4.63. The van der Waals surface area contributed by atoms with Gasteiger partial charge in [0.2, 0.25) is 0 Å². The number of hydrogen-bond acceptors (Lipinski definition) is 2.